The average Bonchev–Trinajstić information content (AvgIpc) is 2.30. The number of H-pyrrole nitrogens is 1. The summed E-state index contributed by atoms with van der Waals surface area (Å²) in [6.45, 7) is 5.54. The molecule has 86 valence electrons. The van der Waals surface area contributed by atoms with Crippen LogP contribution in [0.1, 0.15) is 25.0 Å². The van der Waals surface area contributed by atoms with E-state index in [1.807, 2.05) is 38.1 Å². The first-order valence-electron chi connectivity index (χ1n) is 5.49. The normalized spacial score (nSPS) is 11.4. The molecule has 0 aliphatic carbocycles. The summed E-state index contributed by atoms with van der Waals surface area (Å²) in [5, 5.41) is 10.1. The Hall–Kier alpha value is -2.08. The lowest BCUT2D eigenvalue weighted by atomic mass is 9.85. The van der Waals surface area contributed by atoms with Crippen molar-refractivity contribution in [3.8, 4) is 6.07 Å². The molecule has 17 heavy (non-hydrogen) atoms. The van der Waals surface area contributed by atoms with Gasteiger partial charge in [-0.3, -0.25) is 4.79 Å². The first-order chi connectivity index (χ1) is 7.94. The standard InChI is InChI=1S/C14H14N2O/c1-9-6-10-7-11(14(2,3)8-15)4-5-12(10)16-13(9)17/h4-7H,1-3H3,(H,16,17). The van der Waals surface area contributed by atoms with Gasteiger partial charge in [0.1, 0.15) is 0 Å². The molecule has 0 bridgehead atoms. The minimum Gasteiger partial charge on any atom is -0.322 e. The van der Waals surface area contributed by atoms with Crippen molar-refractivity contribution in [2.45, 2.75) is 26.2 Å². The molecule has 0 saturated heterocycles. The Labute approximate surface area is 99.7 Å². The maximum Gasteiger partial charge on any atom is 0.251 e. The van der Waals surface area contributed by atoms with Gasteiger partial charge in [0.15, 0.2) is 0 Å². The number of rotatable bonds is 1. The monoisotopic (exact) mass is 226 g/mol. The molecule has 0 unspecified atom stereocenters. The van der Waals surface area contributed by atoms with Crippen LogP contribution in [0.5, 0.6) is 0 Å². The summed E-state index contributed by atoms with van der Waals surface area (Å²) in [6.07, 6.45) is 0. The molecular formula is C14H14N2O. The van der Waals surface area contributed by atoms with Crippen molar-refractivity contribution in [2.75, 3.05) is 0 Å². The second-order valence-electron chi connectivity index (χ2n) is 4.82. The van der Waals surface area contributed by atoms with Gasteiger partial charge in [-0.25, -0.2) is 0 Å². The number of hydrogen-bond acceptors (Lipinski definition) is 2. The molecular weight excluding hydrogens is 212 g/mol. The molecule has 1 aromatic heterocycles. The van der Waals surface area contributed by atoms with E-state index >= 15 is 0 Å². The molecule has 1 heterocycles. The largest absolute Gasteiger partial charge is 0.322 e. The molecule has 0 fully saturated rings. The highest BCUT2D eigenvalue weighted by Gasteiger charge is 2.19. The van der Waals surface area contributed by atoms with Gasteiger partial charge in [0, 0.05) is 11.1 Å². The highest BCUT2D eigenvalue weighted by molar-refractivity contribution is 5.80. The first kappa shape index (κ1) is 11.4. The number of aromatic amines is 1. The van der Waals surface area contributed by atoms with Crippen LogP contribution < -0.4 is 5.56 Å². The smallest absolute Gasteiger partial charge is 0.251 e. The Morgan fingerprint density at radius 3 is 2.65 bits per heavy atom. The lowest BCUT2D eigenvalue weighted by Gasteiger charge is -2.16. The van der Waals surface area contributed by atoms with E-state index in [9.17, 15) is 4.79 Å². The van der Waals surface area contributed by atoms with Crippen LogP contribution in [-0.2, 0) is 5.41 Å². The Bertz CT molecular complexity index is 675. The third kappa shape index (κ3) is 1.94. The van der Waals surface area contributed by atoms with Gasteiger partial charge in [0.2, 0.25) is 0 Å². The number of hydrogen-bond donors (Lipinski definition) is 1. The van der Waals surface area contributed by atoms with Crippen LogP contribution in [0, 0.1) is 18.3 Å². The van der Waals surface area contributed by atoms with Crippen molar-refractivity contribution in [2.24, 2.45) is 0 Å². The third-order valence-corrected chi connectivity index (χ3v) is 3.03. The van der Waals surface area contributed by atoms with E-state index in [1.165, 1.54) is 0 Å². The van der Waals surface area contributed by atoms with Gasteiger partial charge < -0.3 is 4.98 Å². The molecule has 0 aliphatic heterocycles. The van der Waals surface area contributed by atoms with Gasteiger partial charge >= 0.3 is 0 Å². The minimum atomic E-state index is -0.516. The molecule has 0 aliphatic rings. The second kappa shape index (κ2) is 3.74. The van der Waals surface area contributed by atoms with Crippen LogP contribution in [0.25, 0.3) is 10.9 Å². The molecule has 0 radical (unpaired) electrons. The number of aromatic nitrogens is 1. The van der Waals surface area contributed by atoms with Gasteiger partial charge in [-0.15, -0.1) is 0 Å². The molecule has 0 atom stereocenters. The molecule has 0 amide bonds. The number of aryl methyl sites for hydroxylation is 1. The van der Waals surface area contributed by atoms with E-state index in [0.717, 1.165) is 16.5 Å². The van der Waals surface area contributed by atoms with Gasteiger partial charge in [-0.1, -0.05) is 6.07 Å². The van der Waals surface area contributed by atoms with Crippen LogP contribution >= 0.6 is 0 Å². The summed E-state index contributed by atoms with van der Waals surface area (Å²) in [6, 6.07) is 9.83. The summed E-state index contributed by atoms with van der Waals surface area (Å²) in [5.41, 5.74) is 1.87. The number of nitrogens with one attached hydrogen (secondary N) is 1. The Morgan fingerprint density at radius 1 is 1.29 bits per heavy atom. The molecule has 2 rings (SSSR count). The second-order valence-corrected chi connectivity index (χ2v) is 4.82. The lowest BCUT2D eigenvalue weighted by molar-refractivity contribution is 0.688. The molecule has 3 nitrogen and oxygen atoms in total. The summed E-state index contributed by atoms with van der Waals surface area (Å²) >= 11 is 0. The van der Waals surface area contributed by atoms with E-state index in [2.05, 4.69) is 11.1 Å². The molecule has 3 heteroatoms. The van der Waals surface area contributed by atoms with Gasteiger partial charge in [-0.05, 0) is 49.9 Å². The predicted octanol–water partition coefficient (Wildman–Crippen LogP) is 2.64. The summed E-state index contributed by atoms with van der Waals surface area (Å²) in [5.74, 6) is 0. The van der Waals surface area contributed by atoms with Crippen molar-refractivity contribution in [1.82, 2.24) is 4.98 Å². The zero-order valence-electron chi connectivity index (χ0n) is 10.2. The zero-order valence-corrected chi connectivity index (χ0v) is 10.2. The van der Waals surface area contributed by atoms with E-state index < -0.39 is 5.41 Å². The fourth-order valence-corrected chi connectivity index (χ4v) is 1.77. The number of pyridine rings is 1. The van der Waals surface area contributed by atoms with E-state index in [4.69, 9.17) is 5.26 Å². The van der Waals surface area contributed by atoms with Crippen LogP contribution in [0.4, 0.5) is 0 Å². The number of nitrogens with zero attached hydrogens (tertiary/aromatic N) is 1. The Morgan fingerprint density at radius 2 is 2.00 bits per heavy atom. The summed E-state index contributed by atoms with van der Waals surface area (Å²) < 4.78 is 0. The fourth-order valence-electron chi connectivity index (χ4n) is 1.77. The van der Waals surface area contributed by atoms with E-state index in [1.54, 1.807) is 6.92 Å². The fraction of sp³-hybridized carbons (Fsp3) is 0.286. The average molecular weight is 226 g/mol. The molecule has 0 saturated carbocycles. The van der Waals surface area contributed by atoms with E-state index in [0.29, 0.717) is 5.56 Å². The molecule has 2 aromatic rings. The highest BCUT2D eigenvalue weighted by atomic mass is 16.1. The van der Waals surface area contributed by atoms with Crippen molar-refractivity contribution in [1.29, 1.82) is 5.26 Å². The maximum atomic E-state index is 11.5. The molecule has 1 aromatic carbocycles. The SMILES string of the molecule is Cc1cc2cc(C(C)(C)C#N)ccc2[nH]c1=O. The maximum absolute atomic E-state index is 11.5. The minimum absolute atomic E-state index is 0.0650. The first-order valence-corrected chi connectivity index (χ1v) is 5.49. The predicted molar refractivity (Wildman–Crippen MR) is 67.9 cm³/mol. The van der Waals surface area contributed by atoms with Crippen LogP contribution in [0.2, 0.25) is 0 Å². The number of fused-ring (bicyclic) bond motifs is 1. The van der Waals surface area contributed by atoms with Crippen molar-refractivity contribution < 1.29 is 0 Å². The van der Waals surface area contributed by atoms with Crippen LogP contribution in [0.3, 0.4) is 0 Å². The van der Waals surface area contributed by atoms with Gasteiger partial charge in [0.05, 0.1) is 11.5 Å². The van der Waals surface area contributed by atoms with Crippen LogP contribution in [-0.4, -0.2) is 4.98 Å². The highest BCUT2D eigenvalue weighted by Crippen LogP contribution is 2.25. The zero-order chi connectivity index (χ0) is 12.6. The quantitative estimate of drug-likeness (QED) is 0.812. The third-order valence-electron chi connectivity index (χ3n) is 3.03. The van der Waals surface area contributed by atoms with E-state index in [-0.39, 0.29) is 5.56 Å². The Balaban J connectivity index is 2.71. The van der Waals surface area contributed by atoms with Gasteiger partial charge in [-0.2, -0.15) is 5.26 Å². The van der Waals surface area contributed by atoms with Crippen molar-refractivity contribution in [3.05, 3.63) is 45.7 Å². The van der Waals surface area contributed by atoms with Crippen molar-refractivity contribution in [3.63, 3.8) is 0 Å². The number of benzene rings is 1. The molecule has 1 N–H and O–H groups in total. The van der Waals surface area contributed by atoms with Crippen LogP contribution in [0.15, 0.2) is 29.1 Å². The summed E-state index contributed by atoms with van der Waals surface area (Å²) in [7, 11) is 0. The van der Waals surface area contributed by atoms with Crippen molar-refractivity contribution >= 4 is 10.9 Å². The number of nitriles is 1. The lowest BCUT2D eigenvalue weighted by Crippen LogP contribution is -2.14. The summed E-state index contributed by atoms with van der Waals surface area (Å²) in [4.78, 5) is 14.3. The van der Waals surface area contributed by atoms with Gasteiger partial charge in [0.25, 0.3) is 5.56 Å². The topological polar surface area (TPSA) is 56.6 Å². The molecule has 0 spiro atoms. The Kier molecular flexibility index (Phi) is 2.51.